The third-order valence-corrected chi connectivity index (χ3v) is 8.36. The number of anilines is 6. The molecule has 0 aliphatic carbocycles. The van der Waals surface area contributed by atoms with Gasteiger partial charge in [-0.2, -0.15) is 37.9 Å². The van der Waals surface area contributed by atoms with Gasteiger partial charge in [0.25, 0.3) is 0 Å². The van der Waals surface area contributed by atoms with Gasteiger partial charge in [0.2, 0.25) is 17.7 Å². The number of nitrogens with zero attached hydrogens (tertiary/aromatic N) is 1. The standard InChI is InChI=1S/C36H48N4O3S3/c41-34(10-4-1-7-25-44)37-28-13-19-31(20-14-28)40(32-21-15-29(16-22-32)38-35(42)11-5-2-8-26-45)33-23-17-30(18-24-33)39-36(43)12-6-3-9-27-46/h13-24,44-46H,1-12,25-27H2,(H,37,41)(H,38,42)(H,39,43). The Morgan fingerprint density at radius 3 is 0.913 bits per heavy atom. The highest BCUT2D eigenvalue weighted by atomic mass is 32.1. The molecule has 3 amide bonds. The zero-order valence-corrected chi connectivity index (χ0v) is 29.2. The summed E-state index contributed by atoms with van der Waals surface area (Å²) in [6.07, 6.45) is 9.98. The molecule has 0 atom stereocenters. The molecule has 0 saturated heterocycles. The molecule has 3 rings (SSSR count). The molecule has 3 aromatic rings. The van der Waals surface area contributed by atoms with Crippen molar-refractivity contribution in [2.45, 2.75) is 77.0 Å². The van der Waals surface area contributed by atoms with E-state index in [1.807, 2.05) is 72.8 Å². The van der Waals surface area contributed by atoms with Gasteiger partial charge in [-0.15, -0.1) is 0 Å². The molecule has 3 N–H and O–H groups in total. The Labute approximate surface area is 290 Å². The average molecular weight is 681 g/mol. The molecule has 0 saturated carbocycles. The summed E-state index contributed by atoms with van der Waals surface area (Å²) in [7, 11) is 0. The zero-order valence-electron chi connectivity index (χ0n) is 26.5. The van der Waals surface area contributed by atoms with Crippen molar-refractivity contribution in [2.75, 3.05) is 38.1 Å². The predicted octanol–water partition coefficient (Wildman–Crippen LogP) is 9.44. The second kappa shape index (κ2) is 21.7. The lowest BCUT2D eigenvalue weighted by Gasteiger charge is -2.26. The van der Waals surface area contributed by atoms with Crippen molar-refractivity contribution in [3.8, 4) is 0 Å². The van der Waals surface area contributed by atoms with Crippen LogP contribution in [-0.4, -0.2) is 35.0 Å². The number of carbonyl (C=O) groups is 3. The van der Waals surface area contributed by atoms with Crippen molar-refractivity contribution >= 4 is 89.7 Å². The van der Waals surface area contributed by atoms with Gasteiger partial charge in [-0.05, 0) is 129 Å². The van der Waals surface area contributed by atoms with Gasteiger partial charge in [0, 0.05) is 53.4 Å². The smallest absolute Gasteiger partial charge is 0.224 e. The van der Waals surface area contributed by atoms with E-state index in [4.69, 9.17) is 0 Å². The second-order valence-corrected chi connectivity index (χ2v) is 12.6. The summed E-state index contributed by atoms with van der Waals surface area (Å²) in [5.41, 5.74) is 4.91. The van der Waals surface area contributed by atoms with Crippen LogP contribution in [0.2, 0.25) is 0 Å². The minimum Gasteiger partial charge on any atom is -0.326 e. The maximum absolute atomic E-state index is 12.4. The van der Waals surface area contributed by atoms with Gasteiger partial charge in [0.1, 0.15) is 0 Å². The number of unbranched alkanes of at least 4 members (excludes halogenated alkanes) is 6. The molecule has 10 heteroatoms. The summed E-state index contributed by atoms with van der Waals surface area (Å²) in [6, 6.07) is 23.2. The maximum Gasteiger partial charge on any atom is 0.224 e. The topological polar surface area (TPSA) is 90.5 Å². The number of thiol groups is 3. The fourth-order valence-electron chi connectivity index (χ4n) is 4.92. The minimum atomic E-state index is 0.00227. The summed E-state index contributed by atoms with van der Waals surface area (Å²) < 4.78 is 0. The fraction of sp³-hybridized carbons (Fsp3) is 0.417. The van der Waals surface area contributed by atoms with Crippen LogP contribution >= 0.6 is 37.9 Å². The minimum absolute atomic E-state index is 0.00227. The Kier molecular flexibility index (Phi) is 17.6. The van der Waals surface area contributed by atoms with Gasteiger partial charge < -0.3 is 20.9 Å². The van der Waals surface area contributed by atoms with E-state index in [0.717, 1.165) is 109 Å². The first-order chi connectivity index (χ1) is 22.4. The highest BCUT2D eigenvalue weighted by Gasteiger charge is 2.14. The largest absolute Gasteiger partial charge is 0.326 e. The van der Waals surface area contributed by atoms with Gasteiger partial charge in [0.05, 0.1) is 0 Å². The van der Waals surface area contributed by atoms with Gasteiger partial charge in [-0.3, -0.25) is 14.4 Å². The molecule has 0 aromatic heterocycles. The first-order valence-corrected chi connectivity index (χ1v) is 18.2. The van der Waals surface area contributed by atoms with Crippen molar-refractivity contribution in [1.29, 1.82) is 0 Å². The van der Waals surface area contributed by atoms with Gasteiger partial charge in [-0.1, -0.05) is 19.3 Å². The molecule has 0 heterocycles. The molecule has 0 spiro atoms. The number of nitrogens with one attached hydrogen (secondary N) is 3. The van der Waals surface area contributed by atoms with Crippen molar-refractivity contribution in [3.63, 3.8) is 0 Å². The maximum atomic E-state index is 12.4. The van der Waals surface area contributed by atoms with Gasteiger partial charge in [-0.25, -0.2) is 0 Å². The van der Waals surface area contributed by atoms with Crippen LogP contribution in [0.25, 0.3) is 0 Å². The van der Waals surface area contributed by atoms with Crippen LogP contribution in [0.5, 0.6) is 0 Å². The SMILES string of the molecule is O=C(CCCCCS)Nc1ccc(N(c2ccc(NC(=O)CCCCCS)cc2)c2ccc(NC(=O)CCCCCS)cc2)cc1. The Hall–Kier alpha value is -3.08. The van der Waals surface area contributed by atoms with Crippen LogP contribution in [0.4, 0.5) is 34.1 Å². The molecular weight excluding hydrogens is 633 g/mol. The quantitative estimate of drug-likeness (QED) is 0.0500. The highest BCUT2D eigenvalue weighted by Crippen LogP contribution is 2.36. The number of benzene rings is 3. The summed E-state index contributed by atoms with van der Waals surface area (Å²) >= 11 is 12.7. The monoisotopic (exact) mass is 680 g/mol. The van der Waals surface area contributed by atoms with Crippen LogP contribution in [0.15, 0.2) is 72.8 Å². The predicted molar refractivity (Wildman–Crippen MR) is 204 cm³/mol. The Morgan fingerprint density at radius 1 is 0.413 bits per heavy atom. The Bertz CT molecular complexity index is 1170. The molecule has 0 aliphatic heterocycles. The lowest BCUT2D eigenvalue weighted by Crippen LogP contribution is -2.14. The Balaban J connectivity index is 1.75. The molecule has 0 aliphatic rings. The number of rotatable bonds is 21. The second-order valence-electron chi connectivity index (χ2n) is 11.2. The third kappa shape index (κ3) is 13.7. The van der Waals surface area contributed by atoms with Gasteiger partial charge >= 0.3 is 0 Å². The van der Waals surface area contributed by atoms with E-state index in [9.17, 15) is 14.4 Å². The lowest BCUT2D eigenvalue weighted by atomic mass is 10.1. The van der Waals surface area contributed by atoms with E-state index < -0.39 is 0 Å². The van der Waals surface area contributed by atoms with Crippen molar-refractivity contribution in [3.05, 3.63) is 72.8 Å². The van der Waals surface area contributed by atoms with Gasteiger partial charge in [0.15, 0.2) is 0 Å². The molecule has 0 fully saturated rings. The lowest BCUT2D eigenvalue weighted by molar-refractivity contribution is -0.117. The highest BCUT2D eigenvalue weighted by molar-refractivity contribution is 7.80. The molecule has 46 heavy (non-hydrogen) atoms. The average Bonchev–Trinajstić information content (AvgIpc) is 3.06. The number of amides is 3. The van der Waals surface area contributed by atoms with Crippen LogP contribution in [0, 0.1) is 0 Å². The van der Waals surface area contributed by atoms with Crippen LogP contribution in [-0.2, 0) is 14.4 Å². The first kappa shape index (κ1) is 37.4. The van der Waals surface area contributed by atoms with E-state index in [-0.39, 0.29) is 17.7 Å². The number of hydrogen-bond acceptors (Lipinski definition) is 7. The fourth-order valence-corrected chi connectivity index (χ4v) is 5.59. The number of carbonyl (C=O) groups excluding carboxylic acids is 3. The van der Waals surface area contributed by atoms with Crippen LogP contribution < -0.4 is 20.9 Å². The van der Waals surface area contributed by atoms with E-state index >= 15 is 0 Å². The van der Waals surface area contributed by atoms with Crippen molar-refractivity contribution in [2.24, 2.45) is 0 Å². The third-order valence-electron chi connectivity index (χ3n) is 7.41. The van der Waals surface area contributed by atoms with E-state index in [1.165, 1.54) is 0 Å². The normalized spacial score (nSPS) is 10.8. The molecule has 7 nitrogen and oxygen atoms in total. The summed E-state index contributed by atoms with van der Waals surface area (Å²) in [5, 5.41) is 8.98. The summed E-state index contributed by atoms with van der Waals surface area (Å²) in [4.78, 5) is 39.4. The zero-order chi connectivity index (χ0) is 33.0. The van der Waals surface area contributed by atoms with Crippen LogP contribution in [0.3, 0.4) is 0 Å². The van der Waals surface area contributed by atoms with E-state index in [1.54, 1.807) is 0 Å². The number of hydrogen-bond donors (Lipinski definition) is 6. The molecule has 0 unspecified atom stereocenters. The molecule has 3 aromatic carbocycles. The van der Waals surface area contributed by atoms with Crippen molar-refractivity contribution < 1.29 is 14.4 Å². The summed E-state index contributed by atoms with van der Waals surface area (Å²) in [6.45, 7) is 0. The molecule has 0 radical (unpaired) electrons. The molecular formula is C36H48N4O3S3. The van der Waals surface area contributed by atoms with E-state index in [2.05, 4.69) is 58.7 Å². The Morgan fingerprint density at radius 2 is 0.674 bits per heavy atom. The molecule has 248 valence electrons. The van der Waals surface area contributed by atoms with Crippen molar-refractivity contribution in [1.82, 2.24) is 0 Å². The van der Waals surface area contributed by atoms with E-state index in [0.29, 0.717) is 19.3 Å². The summed E-state index contributed by atoms with van der Waals surface area (Å²) in [5.74, 6) is 2.51. The van der Waals surface area contributed by atoms with Crippen LogP contribution in [0.1, 0.15) is 77.0 Å². The molecule has 0 bridgehead atoms. The first-order valence-electron chi connectivity index (χ1n) is 16.3.